The second kappa shape index (κ2) is 3.94. The number of aromatic nitrogens is 2. The van der Waals surface area contributed by atoms with Crippen LogP contribution in [-0.4, -0.2) is 34.2 Å². The van der Waals surface area contributed by atoms with Crippen molar-refractivity contribution in [2.45, 2.75) is 38.0 Å². The second-order valence-corrected chi connectivity index (χ2v) is 5.16. The molecule has 1 aliphatic heterocycles. The normalized spacial score (nSPS) is 36.9. The maximum Gasteiger partial charge on any atom is 0.202 e. The third-order valence-corrected chi connectivity index (χ3v) is 4.21. The summed E-state index contributed by atoms with van der Waals surface area (Å²) >= 11 is 1.40. The fourth-order valence-electron chi connectivity index (χ4n) is 2.53. The molecule has 3 rings (SSSR count). The summed E-state index contributed by atoms with van der Waals surface area (Å²) in [6, 6.07) is 0.409. The van der Waals surface area contributed by atoms with E-state index in [9.17, 15) is 0 Å². The van der Waals surface area contributed by atoms with Crippen LogP contribution >= 0.6 is 11.5 Å². The van der Waals surface area contributed by atoms with E-state index in [1.54, 1.807) is 0 Å². The van der Waals surface area contributed by atoms with E-state index in [0.717, 1.165) is 30.4 Å². The Balaban J connectivity index is 1.66. The maximum absolute atomic E-state index is 6.11. The van der Waals surface area contributed by atoms with E-state index >= 15 is 0 Å². The molecule has 0 aromatic carbocycles. The summed E-state index contributed by atoms with van der Waals surface area (Å²) in [6.45, 7) is 2.90. The molecule has 5 nitrogen and oxygen atoms in total. The maximum atomic E-state index is 6.11. The van der Waals surface area contributed by atoms with Gasteiger partial charge in [-0.3, -0.25) is 0 Å². The Hall–Kier alpha value is -0.720. The van der Waals surface area contributed by atoms with Gasteiger partial charge in [-0.1, -0.05) is 6.92 Å². The zero-order valence-corrected chi connectivity index (χ0v) is 10.0. The van der Waals surface area contributed by atoms with Gasteiger partial charge in [0.1, 0.15) is 5.82 Å². The van der Waals surface area contributed by atoms with Crippen molar-refractivity contribution in [1.82, 2.24) is 9.36 Å². The fraction of sp³-hybridized carbons (Fsp3) is 0.800. The zero-order valence-electron chi connectivity index (χ0n) is 9.22. The van der Waals surface area contributed by atoms with E-state index in [-0.39, 0.29) is 18.2 Å². The molecule has 2 fully saturated rings. The molecule has 4 atom stereocenters. The van der Waals surface area contributed by atoms with Crippen molar-refractivity contribution in [1.29, 1.82) is 0 Å². The summed E-state index contributed by atoms with van der Waals surface area (Å²) in [5.74, 6) is 1.43. The van der Waals surface area contributed by atoms with Crippen LogP contribution in [-0.2, 0) is 11.2 Å². The van der Waals surface area contributed by atoms with Gasteiger partial charge in [0.2, 0.25) is 5.13 Å². The molecule has 16 heavy (non-hydrogen) atoms. The topological polar surface area (TPSA) is 73.1 Å². The van der Waals surface area contributed by atoms with Gasteiger partial charge >= 0.3 is 0 Å². The molecular weight excluding hydrogens is 224 g/mol. The average molecular weight is 240 g/mol. The first-order valence-corrected chi connectivity index (χ1v) is 6.53. The first-order chi connectivity index (χ1) is 7.79. The number of hydrogen-bond acceptors (Lipinski definition) is 6. The lowest BCUT2D eigenvalue weighted by Gasteiger charge is -2.45. The zero-order chi connectivity index (χ0) is 11.1. The summed E-state index contributed by atoms with van der Waals surface area (Å²) in [5, 5.41) is 4.22. The molecule has 3 N–H and O–H groups in total. The third-order valence-electron chi connectivity index (χ3n) is 3.52. The average Bonchev–Trinajstić information content (AvgIpc) is 2.92. The van der Waals surface area contributed by atoms with Gasteiger partial charge in [0.25, 0.3) is 0 Å². The van der Waals surface area contributed by atoms with Crippen LogP contribution in [0, 0.1) is 5.92 Å². The highest BCUT2D eigenvalue weighted by Gasteiger charge is 2.52. The van der Waals surface area contributed by atoms with Gasteiger partial charge in [-0.15, -0.1) is 0 Å². The predicted molar refractivity (Wildman–Crippen MR) is 62.5 cm³/mol. The Morgan fingerprint density at radius 3 is 3.25 bits per heavy atom. The minimum Gasteiger partial charge on any atom is -0.376 e. The van der Waals surface area contributed by atoms with E-state index < -0.39 is 0 Å². The van der Waals surface area contributed by atoms with E-state index in [1.165, 1.54) is 11.5 Å². The Morgan fingerprint density at radius 1 is 1.62 bits per heavy atom. The molecule has 6 heteroatoms. The van der Waals surface area contributed by atoms with Gasteiger partial charge in [0.05, 0.1) is 12.1 Å². The Bertz CT molecular complexity index is 383. The lowest BCUT2D eigenvalue weighted by Crippen LogP contribution is -2.65. The molecule has 1 saturated carbocycles. The quantitative estimate of drug-likeness (QED) is 0.810. The van der Waals surface area contributed by atoms with Crippen molar-refractivity contribution < 1.29 is 4.74 Å². The summed E-state index contributed by atoms with van der Waals surface area (Å²) in [5.41, 5.74) is 6.11. The van der Waals surface area contributed by atoms with Crippen molar-refractivity contribution >= 4 is 16.7 Å². The minimum atomic E-state index is 0.196. The minimum absolute atomic E-state index is 0.196. The van der Waals surface area contributed by atoms with E-state index in [1.807, 2.05) is 0 Å². The second-order valence-electron chi connectivity index (χ2n) is 4.40. The van der Waals surface area contributed by atoms with Gasteiger partial charge in [0, 0.05) is 36.5 Å². The molecule has 4 unspecified atom stereocenters. The van der Waals surface area contributed by atoms with Crippen LogP contribution in [0.1, 0.15) is 19.2 Å². The summed E-state index contributed by atoms with van der Waals surface area (Å²) in [6.07, 6.45) is 2.25. The first kappa shape index (κ1) is 10.4. The molecule has 0 radical (unpaired) electrons. The smallest absolute Gasteiger partial charge is 0.202 e. The number of rotatable bonds is 3. The number of hydrogen-bond donors (Lipinski definition) is 2. The standard InChI is InChI=1S/C10H16N4OS/c1-2-6-12-10(16-14-6)13-8-7(11)5-3-4-15-9(5)8/h5,7-9H,2-4,11H2,1H3,(H,12,13,14). The van der Waals surface area contributed by atoms with Crippen LogP contribution in [0.2, 0.25) is 0 Å². The number of nitrogens with zero attached hydrogens (tertiary/aromatic N) is 2. The molecule has 1 aromatic rings. The fourth-order valence-corrected chi connectivity index (χ4v) is 3.22. The third kappa shape index (κ3) is 1.52. The molecule has 0 amide bonds. The van der Waals surface area contributed by atoms with Crippen molar-refractivity contribution in [2.24, 2.45) is 11.7 Å². The lowest BCUT2D eigenvalue weighted by molar-refractivity contribution is 0.00537. The van der Waals surface area contributed by atoms with Crippen molar-refractivity contribution in [3.05, 3.63) is 5.82 Å². The van der Waals surface area contributed by atoms with Gasteiger partial charge in [-0.2, -0.15) is 4.37 Å². The summed E-state index contributed by atoms with van der Waals surface area (Å²) in [7, 11) is 0. The molecule has 1 aliphatic carbocycles. The Kier molecular flexibility index (Phi) is 2.57. The van der Waals surface area contributed by atoms with E-state index in [0.29, 0.717) is 5.92 Å². The molecule has 0 bridgehead atoms. The highest BCUT2D eigenvalue weighted by atomic mass is 32.1. The monoisotopic (exact) mass is 240 g/mol. The SMILES string of the molecule is CCc1nsc(NC2C(N)C3CCOC32)n1. The predicted octanol–water partition coefficient (Wildman–Crippen LogP) is 0.627. The summed E-state index contributed by atoms with van der Waals surface area (Å²) < 4.78 is 9.90. The largest absolute Gasteiger partial charge is 0.376 e. The van der Waals surface area contributed by atoms with Crippen molar-refractivity contribution in [3.63, 3.8) is 0 Å². The van der Waals surface area contributed by atoms with Crippen LogP contribution in [0.3, 0.4) is 0 Å². The molecular formula is C10H16N4OS. The van der Waals surface area contributed by atoms with Crippen LogP contribution in [0.15, 0.2) is 0 Å². The number of ether oxygens (including phenoxy) is 1. The number of fused-ring (bicyclic) bond motifs is 1. The summed E-state index contributed by atoms with van der Waals surface area (Å²) in [4.78, 5) is 4.38. The molecule has 2 aliphatic rings. The van der Waals surface area contributed by atoms with Gasteiger partial charge in [0.15, 0.2) is 0 Å². The lowest BCUT2D eigenvalue weighted by atomic mass is 9.72. The molecule has 1 saturated heterocycles. The van der Waals surface area contributed by atoms with Gasteiger partial charge in [-0.25, -0.2) is 4.98 Å². The molecule has 88 valence electrons. The Morgan fingerprint density at radius 2 is 2.50 bits per heavy atom. The highest BCUT2D eigenvalue weighted by Crippen LogP contribution is 2.39. The number of aryl methyl sites for hydroxylation is 1. The van der Waals surface area contributed by atoms with Crippen LogP contribution < -0.4 is 11.1 Å². The van der Waals surface area contributed by atoms with Crippen molar-refractivity contribution in [3.8, 4) is 0 Å². The number of anilines is 1. The molecule has 1 aromatic heterocycles. The van der Waals surface area contributed by atoms with Crippen LogP contribution in [0.25, 0.3) is 0 Å². The van der Waals surface area contributed by atoms with E-state index in [2.05, 4.69) is 21.6 Å². The van der Waals surface area contributed by atoms with Gasteiger partial charge in [-0.05, 0) is 6.42 Å². The molecule has 0 spiro atoms. The number of nitrogens with two attached hydrogens (primary N) is 1. The van der Waals surface area contributed by atoms with Crippen LogP contribution in [0.5, 0.6) is 0 Å². The first-order valence-electron chi connectivity index (χ1n) is 5.76. The van der Waals surface area contributed by atoms with Crippen molar-refractivity contribution in [2.75, 3.05) is 11.9 Å². The van der Waals surface area contributed by atoms with E-state index in [4.69, 9.17) is 10.5 Å². The highest BCUT2D eigenvalue weighted by molar-refractivity contribution is 7.09. The Labute approximate surface area is 98.6 Å². The van der Waals surface area contributed by atoms with Gasteiger partial charge < -0.3 is 15.8 Å². The van der Waals surface area contributed by atoms with Crippen LogP contribution in [0.4, 0.5) is 5.13 Å². The number of nitrogens with one attached hydrogen (secondary N) is 1. The molecule has 2 heterocycles.